The minimum atomic E-state index is -0.279. The zero-order chi connectivity index (χ0) is 16.7. The third-order valence-electron chi connectivity index (χ3n) is 3.67. The SMILES string of the molecule is COCCCN(C=O)Cc1cc(-c2cccc(F)c2)cnc1C. The fraction of sp³-hybridized carbons (Fsp3) is 0.333. The summed E-state index contributed by atoms with van der Waals surface area (Å²) in [5.74, 6) is -0.279. The Kier molecular flexibility index (Phi) is 6.23. The van der Waals surface area contributed by atoms with Crippen LogP contribution in [0.1, 0.15) is 17.7 Å². The Hall–Kier alpha value is -2.27. The van der Waals surface area contributed by atoms with E-state index < -0.39 is 0 Å². The van der Waals surface area contributed by atoms with Gasteiger partial charge in [-0.15, -0.1) is 0 Å². The van der Waals surface area contributed by atoms with E-state index in [-0.39, 0.29) is 5.82 Å². The van der Waals surface area contributed by atoms with E-state index in [2.05, 4.69) is 4.98 Å². The number of rotatable bonds is 8. The molecule has 0 fully saturated rings. The largest absolute Gasteiger partial charge is 0.385 e. The number of hydrogen-bond acceptors (Lipinski definition) is 3. The number of ether oxygens (including phenoxy) is 1. The van der Waals surface area contributed by atoms with Crippen molar-refractivity contribution in [2.24, 2.45) is 0 Å². The van der Waals surface area contributed by atoms with Crippen molar-refractivity contribution >= 4 is 6.41 Å². The Morgan fingerprint density at radius 2 is 2.13 bits per heavy atom. The maximum atomic E-state index is 13.4. The molecule has 0 aliphatic rings. The molecule has 0 radical (unpaired) electrons. The van der Waals surface area contributed by atoms with E-state index in [1.807, 2.05) is 19.1 Å². The van der Waals surface area contributed by atoms with Crippen molar-refractivity contribution < 1.29 is 13.9 Å². The second-order valence-corrected chi connectivity index (χ2v) is 5.40. The molecule has 1 heterocycles. The second kappa shape index (κ2) is 8.39. The summed E-state index contributed by atoms with van der Waals surface area (Å²) in [5, 5.41) is 0. The van der Waals surface area contributed by atoms with E-state index in [4.69, 9.17) is 4.74 Å². The van der Waals surface area contributed by atoms with E-state index in [0.29, 0.717) is 19.7 Å². The van der Waals surface area contributed by atoms with Gasteiger partial charge in [-0.2, -0.15) is 0 Å². The smallest absolute Gasteiger partial charge is 0.210 e. The lowest BCUT2D eigenvalue weighted by atomic mass is 10.0. The van der Waals surface area contributed by atoms with Gasteiger partial charge in [0, 0.05) is 44.3 Å². The van der Waals surface area contributed by atoms with Crippen LogP contribution in [0.4, 0.5) is 4.39 Å². The van der Waals surface area contributed by atoms with E-state index in [1.165, 1.54) is 12.1 Å². The Balaban J connectivity index is 2.18. The number of halogens is 1. The van der Waals surface area contributed by atoms with Gasteiger partial charge in [-0.05, 0) is 42.7 Å². The van der Waals surface area contributed by atoms with Gasteiger partial charge in [-0.25, -0.2) is 4.39 Å². The molecule has 0 unspecified atom stereocenters. The zero-order valence-electron chi connectivity index (χ0n) is 13.5. The molecule has 1 amide bonds. The van der Waals surface area contributed by atoms with Gasteiger partial charge in [-0.1, -0.05) is 12.1 Å². The molecule has 1 aromatic carbocycles. The summed E-state index contributed by atoms with van der Waals surface area (Å²) >= 11 is 0. The number of methoxy groups -OCH3 is 1. The van der Waals surface area contributed by atoms with Crippen LogP contribution in [-0.2, 0) is 16.1 Å². The highest BCUT2D eigenvalue weighted by Crippen LogP contribution is 2.22. The van der Waals surface area contributed by atoms with Crippen molar-refractivity contribution in [1.29, 1.82) is 0 Å². The number of hydrogen-bond donors (Lipinski definition) is 0. The van der Waals surface area contributed by atoms with Crippen molar-refractivity contribution in [2.75, 3.05) is 20.3 Å². The number of aryl methyl sites for hydroxylation is 1. The van der Waals surface area contributed by atoms with Crippen molar-refractivity contribution in [2.45, 2.75) is 19.9 Å². The summed E-state index contributed by atoms with van der Waals surface area (Å²) in [6, 6.07) is 8.37. The van der Waals surface area contributed by atoms with Gasteiger partial charge in [0.05, 0.1) is 0 Å². The molecule has 0 saturated heterocycles. The molecule has 0 aliphatic heterocycles. The van der Waals surface area contributed by atoms with Crippen LogP contribution in [-0.4, -0.2) is 36.6 Å². The molecule has 2 aromatic rings. The molecule has 23 heavy (non-hydrogen) atoms. The first-order valence-electron chi connectivity index (χ1n) is 7.54. The van der Waals surface area contributed by atoms with E-state index in [1.54, 1.807) is 24.3 Å². The fourth-order valence-corrected chi connectivity index (χ4v) is 2.36. The standard InChI is InChI=1S/C18H21FN2O2/c1-14-17(12-21(13-22)7-4-8-23-2)9-16(11-20-14)15-5-3-6-18(19)10-15/h3,5-6,9-11,13H,4,7-8,12H2,1-2H3. The van der Waals surface area contributed by atoms with Crippen molar-refractivity contribution in [1.82, 2.24) is 9.88 Å². The first-order valence-corrected chi connectivity index (χ1v) is 7.54. The molecule has 0 bridgehead atoms. The average molecular weight is 316 g/mol. The van der Waals surface area contributed by atoms with E-state index >= 15 is 0 Å². The maximum absolute atomic E-state index is 13.4. The number of benzene rings is 1. The molecule has 1 aromatic heterocycles. The van der Waals surface area contributed by atoms with E-state index in [9.17, 15) is 9.18 Å². The summed E-state index contributed by atoms with van der Waals surface area (Å²) in [5.41, 5.74) is 3.43. The lowest BCUT2D eigenvalue weighted by Gasteiger charge is -2.18. The molecule has 0 spiro atoms. The van der Waals surface area contributed by atoms with Crippen LogP contribution in [0.25, 0.3) is 11.1 Å². The van der Waals surface area contributed by atoms with E-state index in [0.717, 1.165) is 35.2 Å². The number of carbonyl (C=O) groups is 1. The summed E-state index contributed by atoms with van der Waals surface area (Å²) in [6.45, 7) is 3.63. The highest BCUT2D eigenvalue weighted by Gasteiger charge is 2.09. The maximum Gasteiger partial charge on any atom is 0.210 e. The molecule has 2 rings (SSSR count). The van der Waals surface area contributed by atoms with Gasteiger partial charge >= 0.3 is 0 Å². The number of carbonyl (C=O) groups excluding carboxylic acids is 1. The number of amides is 1. The summed E-state index contributed by atoms with van der Waals surface area (Å²) in [7, 11) is 1.64. The fourth-order valence-electron chi connectivity index (χ4n) is 2.36. The van der Waals surface area contributed by atoms with Crippen LogP contribution in [0, 0.1) is 12.7 Å². The Labute approximate surface area is 135 Å². The number of nitrogens with zero attached hydrogens (tertiary/aromatic N) is 2. The Morgan fingerprint density at radius 1 is 1.30 bits per heavy atom. The van der Waals surface area contributed by atoms with Crippen molar-refractivity contribution in [3.05, 3.63) is 53.6 Å². The third-order valence-corrected chi connectivity index (χ3v) is 3.67. The van der Waals surface area contributed by atoms with Crippen molar-refractivity contribution in [3.8, 4) is 11.1 Å². The van der Waals surface area contributed by atoms with Crippen LogP contribution in [0.2, 0.25) is 0 Å². The highest BCUT2D eigenvalue weighted by molar-refractivity contribution is 5.63. The molecule has 5 heteroatoms. The van der Waals surface area contributed by atoms with Gasteiger partial charge in [0.15, 0.2) is 0 Å². The predicted octanol–water partition coefficient (Wildman–Crippen LogP) is 3.19. The molecule has 0 N–H and O–H groups in total. The molecule has 0 saturated carbocycles. The lowest BCUT2D eigenvalue weighted by molar-refractivity contribution is -0.118. The first kappa shape index (κ1) is 17.1. The minimum absolute atomic E-state index is 0.279. The summed E-state index contributed by atoms with van der Waals surface area (Å²) in [6.07, 6.45) is 3.35. The molecule has 4 nitrogen and oxygen atoms in total. The second-order valence-electron chi connectivity index (χ2n) is 5.40. The normalized spacial score (nSPS) is 10.6. The van der Waals surface area contributed by atoms with Gasteiger partial charge in [-0.3, -0.25) is 9.78 Å². The van der Waals surface area contributed by atoms with Crippen LogP contribution in [0.3, 0.4) is 0 Å². The van der Waals surface area contributed by atoms with Crippen LogP contribution in [0.5, 0.6) is 0 Å². The highest BCUT2D eigenvalue weighted by atomic mass is 19.1. The Bertz CT molecular complexity index is 661. The van der Waals surface area contributed by atoms with Crippen LogP contribution < -0.4 is 0 Å². The summed E-state index contributed by atoms with van der Waals surface area (Å²) < 4.78 is 18.4. The zero-order valence-corrected chi connectivity index (χ0v) is 13.5. The number of aromatic nitrogens is 1. The van der Waals surface area contributed by atoms with Gasteiger partial charge in [0.1, 0.15) is 5.82 Å². The molecule has 0 aliphatic carbocycles. The average Bonchev–Trinajstić information content (AvgIpc) is 2.55. The number of pyridine rings is 1. The Morgan fingerprint density at radius 3 is 2.83 bits per heavy atom. The predicted molar refractivity (Wildman–Crippen MR) is 87.3 cm³/mol. The van der Waals surface area contributed by atoms with Crippen LogP contribution in [0.15, 0.2) is 36.5 Å². The molecule has 122 valence electrons. The summed E-state index contributed by atoms with van der Waals surface area (Å²) in [4.78, 5) is 17.3. The van der Waals surface area contributed by atoms with Gasteiger partial charge in [0.2, 0.25) is 6.41 Å². The first-order chi connectivity index (χ1) is 11.1. The van der Waals surface area contributed by atoms with Crippen molar-refractivity contribution in [3.63, 3.8) is 0 Å². The topological polar surface area (TPSA) is 42.4 Å². The van der Waals surface area contributed by atoms with Gasteiger partial charge < -0.3 is 9.64 Å². The molecular weight excluding hydrogens is 295 g/mol. The minimum Gasteiger partial charge on any atom is -0.385 e. The van der Waals surface area contributed by atoms with Crippen LogP contribution >= 0.6 is 0 Å². The monoisotopic (exact) mass is 316 g/mol. The lowest BCUT2D eigenvalue weighted by Crippen LogP contribution is -2.24. The molecule has 0 atom stereocenters. The quantitative estimate of drug-likeness (QED) is 0.555. The third kappa shape index (κ3) is 4.86. The molecular formula is C18H21FN2O2. The van der Waals surface area contributed by atoms with Gasteiger partial charge in [0.25, 0.3) is 0 Å².